The molecule has 0 spiro atoms. The summed E-state index contributed by atoms with van der Waals surface area (Å²) < 4.78 is 0. The van der Waals surface area contributed by atoms with Crippen molar-refractivity contribution >= 4 is 11.3 Å². The van der Waals surface area contributed by atoms with Gasteiger partial charge >= 0.3 is 0 Å². The summed E-state index contributed by atoms with van der Waals surface area (Å²) in [6, 6.07) is 3.60. The average Bonchev–Trinajstić information content (AvgIpc) is 2.04. The minimum atomic E-state index is 0.264. The van der Waals surface area contributed by atoms with Crippen molar-refractivity contribution in [1.29, 1.82) is 5.26 Å². The number of anilines is 1. The molecular formula is C9H9N3. The van der Waals surface area contributed by atoms with Crippen molar-refractivity contribution in [3.05, 3.63) is 30.1 Å². The number of hydrogen-bond donors (Lipinski definition) is 1. The van der Waals surface area contributed by atoms with Crippen molar-refractivity contribution in [3.8, 4) is 6.07 Å². The fraction of sp³-hybridized carbons (Fsp3) is 0.111. The molecule has 0 amide bonds. The van der Waals surface area contributed by atoms with Gasteiger partial charge in [0, 0.05) is 6.20 Å². The predicted octanol–water partition coefficient (Wildman–Crippen LogP) is 1.57. The second-order valence-corrected chi connectivity index (χ2v) is 2.55. The summed E-state index contributed by atoms with van der Waals surface area (Å²) in [6.07, 6.45) is 1.59. The van der Waals surface area contributed by atoms with Gasteiger partial charge < -0.3 is 5.73 Å². The second kappa shape index (κ2) is 3.05. The van der Waals surface area contributed by atoms with Gasteiger partial charge in [0.15, 0.2) is 5.69 Å². The van der Waals surface area contributed by atoms with Crippen molar-refractivity contribution in [2.24, 2.45) is 0 Å². The molecule has 0 radical (unpaired) electrons. The quantitative estimate of drug-likeness (QED) is 0.676. The number of nitrogen functional groups attached to an aromatic ring is 1. The Balaban J connectivity index is 3.21. The number of allylic oxidation sites excluding steroid dienone is 1. The van der Waals surface area contributed by atoms with E-state index in [-0.39, 0.29) is 5.69 Å². The Morgan fingerprint density at radius 2 is 2.42 bits per heavy atom. The molecule has 0 aromatic carbocycles. The van der Waals surface area contributed by atoms with Crippen molar-refractivity contribution in [3.63, 3.8) is 0 Å². The van der Waals surface area contributed by atoms with Crippen LogP contribution in [0.5, 0.6) is 0 Å². The fourth-order valence-electron chi connectivity index (χ4n) is 0.809. The van der Waals surface area contributed by atoms with Gasteiger partial charge in [-0.05, 0) is 24.1 Å². The van der Waals surface area contributed by atoms with Gasteiger partial charge in [-0.15, -0.1) is 0 Å². The van der Waals surface area contributed by atoms with Crippen LogP contribution in [0.25, 0.3) is 5.57 Å². The van der Waals surface area contributed by atoms with Crippen LogP contribution < -0.4 is 5.73 Å². The SMILES string of the molecule is C=C(C)c1cnc(C#N)c(N)c1. The molecule has 12 heavy (non-hydrogen) atoms. The first-order valence-electron chi connectivity index (χ1n) is 3.46. The molecule has 2 N–H and O–H groups in total. The maximum absolute atomic E-state index is 8.53. The molecule has 1 aromatic heterocycles. The van der Waals surface area contributed by atoms with E-state index >= 15 is 0 Å². The molecule has 3 heteroatoms. The standard InChI is InChI=1S/C9H9N3/c1-6(2)7-3-8(11)9(4-10)12-5-7/h3,5H,1,11H2,2H3. The molecule has 1 rings (SSSR count). The third-order valence-corrected chi connectivity index (χ3v) is 1.52. The molecule has 0 fully saturated rings. The van der Waals surface area contributed by atoms with Crippen molar-refractivity contribution in [1.82, 2.24) is 4.98 Å². The van der Waals surface area contributed by atoms with Gasteiger partial charge in [0.1, 0.15) is 6.07 Å². The zero-order valence-corrected chi connectivity index (χ0v) is 6.83. The summed E-state index contributed by atoms with van der Waals surface area (Å²) in [5, 5.41) is 8.53. The normalized spacial score (nSPS) is 9.00. The van der Waals surface area contributed by atoms with E-state index in [9.17, 15) is 0 Å². The van der Waals surface area contributed by atoms with E-state index in [1.807, 2.05) is 13.0 Å². The van der Waals surface area contributed by atoms with Crippen molar-refractivity contribution < 1.29 is 0 Å². The highest BCUT2D eigenvalue weighted by Crippen LogP contribution is 2.15. The monoisotopic (exact) mass is 159 g/mol. The fourth-order valence-corrected chi connectivity index (χ4v) is 0.809. The largest absolute Gasteiger partial charge is 0.396 e. The predicted molar refractivity (Wildman–Crippen MR) is 48.1 cm³/mol. The summed E-state index contributed by atoms with van der Waals surface area (Å²) in [7, 11) is 0. The minimum Gasteiger partial charge on any atom is -0.396 e. The van der Waals surface area contributed by atoms with E-state index in [1.165, 1.54) is 0 Å². The Kier molecular flexibility index (Phi) is 2.11. The van der Waals surface area contributed by atoms with Gasteiger partial charge in [-0.25, -0.2) is 4.98 Å². The minimum absolute atomic E-state index is 0.264. The van der Waals surface area contributed by atoms with Crippen LogP contribution in [0.15, 0.2) is 18.8 Å². The maximum Gasteiger partial charge on any atom is 0.163 e. The lowest BCUT2D eigenvalue weighted by Gasteiger charge is -2.00. The van der Waals surface area contributed by atoms with Gasteiger partial charge in [0.2, 0.25) is 0 Å². The van der Waals surface area contributed by atoms with Gasteiger partial charge in [0.05, 0.1) is 5.69 Å². The van der Waals surface area contributed by atoms with Gasteiger partial charge in [-0.3, -0.25) is 0 Å². The molecule has 0 atom stereocenters. The number of pyridine rings is 1. The van der Waals surface area contributed by atoms with Gasteiger partial charge in [-0.1, -0.05) is 6.58 Å². The van der Waals surface area contributed by atoms with E-state index in [4.69, 9.17) is 11.0 Å². The Morgan fingerprint density at radius 1 is 1.75 bits per heavy atom. The summed E-state index contributed by atoms with van der Waals surface area (Å²) >= 11 is 0. The highest BCUT2D eigenvalue weighted by atomic mass is 14.7. The lowest BCUT2D eigenvalue weighted by Crippen LogP contribution is -1.95. The van der Waals surface area contributed by atoms with Crippen LogP contribution in [0, 0.1) is 11.3 Å². The average molecular weight is 159 g/mol. The van der Waals surface area contributed by atoms with E-state index in [0.29, 0.717) is 5.69 Å². The highest BCUT2D eigenvalue weighted by molar-refractivity contribution is 5.65. The van der Waals surface area contributed by atoms with Crippen LogP contribution in [0.3, 0.4) is 0 Å². The highest BCUT2D eigenvalue weighted by Gasteiger charge is 2.00. The Labute approximate surface area is 71.2 Å². The molecule has 0 saturated carbocycles. The number of hydrogen-bond acceptors (Lipinski definition) is 3. The number of nitrogens with zero attached hydrogens (tertiary/aromatic N) is 2. The zero-order valence-electron chi connectivity index (χ0n) is 6.83. The van der Waals surface area contributed by atoms with E-state index in [0.717, 1.165) is 11.1 Å². The smallest absolute Gasteiger partial charge is 0.163 e. The third-order valence-electron chi connectivity index (χ3n) is 1.52. The topological polar surface area (TPSA) is 62.7 Å². The molecule has 0 saturated heterocycles. The van der Waals surface area contributed by atoms with Gasteiger partial charge in [-0.2, -0.15) is 5.26 Å². The van der Waals surface area contributed by atoms with E-state index in [2.05, 4.69) is 11.6 Å². The van der Waals surface area contributed by atoms with Crippen LogP contribution in [0.4, 0.5) is 5.69 Å². The number of rotatable bonds is 1. The lowest BCUT2D eigenvalue weighted by molar-refractivity contribution is 1.25. The van der Waals surface area contributed by atoms with E-state index in [1.54, 1.807) is 12.3 Å². The first-order chi connectivity index (χ1) is 5.65. The molecule has 1 heterocycles. The van der Waals surface area contributed by atoms with Crippen LogP contribution >= 0.6 is 0 Å². The molecule has 60 valence electrons. The number of aromatic nitrogens is 1. The molecule has 1 aromatic rings. The Bertz CT molecular complexity index is 361. The van der Waals surface area contributed by atoms with Crippen LogP contribution in [-0.2, 0) is 0 Å². The Hall–Kier alpha value is -1.82. The summed E-state index contributed by atoms with van der Waals surface area (Å²) in [5.41, 5.74) is 7.96. The van der Waals surface area contributed by atoms with Crippen LogP contribution in [0.2, 0.25) is 0 Å². The zero-order chi connectivity index (χ0) is 9.14. The Morgan fingerprint density at radius 3 is 2.83 bits per heavy atom. The molecule has 0 aliphatic rings. The maximum atomic E-state index is 8.53. The van der Waals surface area contributed by atoms with Crippen molar-refractivity contribution in [2.75, 3.05) is 5.73 Å². The summed E-state index contributed by atoms with van der Waals surface area (Å²) in [4.78, 5) is 3.87. The van der Waals surface area contributed by atoms with Crippen molar-refractivity contribution in [2.45, 2.75) is 6.92 Å². The third kappa shape index (κ3) is 1.43. The number of nitriles is 1. The molecular weight excluding hydrogens is 150 g/mol. The molecule has 0 aliphatic heterocycles. The first kappa shape index (κ1) is 8.28. The molecule has 3 nitrogen and oxygen atoms in total. The first-order valence-corrected chi connectivity index (χ1v) is 3.46. The molecule has 0 unspecified atom stereocenters. The molecule has 0 aliphatic carbocycles. The summed E-state index contributed by atoms with van der Waals surface area (Å²) in [5.74, 6) is 0. The molecule has 0 bridgehead atoms. The van der Waals surface area contributed by atoms with Gasteiger partial charge in [0.25, 0.3) is 0 Å². The van der Waals surface area contributed by atoms with Crippen LogP contribution in [-0.4, -0.2) is 4.98 Å². The van der Waals surface area contributed by atoms with Crippen LogP contribution in [0.1, 0.15) is 18.2 Å². The second-order valence-electron chi connectivity index (χ2n) is 2.55. The summed E-state index contributed by atoms with van der Waals surface area (Å²) in [6.45, 7) is 5.61. The number of nitrogens with two attached hydrogens (primary N) is 1. The lowest BCUT2D eigenvalue weighted by atomic mass is 10.1. The van der Waals surface area contributed by atoms with E-state index < -0.39 is 0 Å².